The molecule has 0 radical (unpaired) electrons. The molecule has 0 atom stereocenters. The summed E-state index contributed by atoms with van der Waals surface area (Å²) in [5, 5.41) is 0. The summed E-state index contributed by atoms with van der Waals surface area (Å²) in [7, 11) is -4.38. The highest BCUT2D eigenvalue weighted by Gasteiger charge is 2.27. The number of hydrogen-bond donors (Lipinski definition) is 5. The minimum absolute atomic E-state index is 0.127. The van der Waals surface area contributed by atoms with Crippen molar-refractivity contribution in [2.45, 2.75) is 0 Å². The van der Waals surface area contributed by atoms with Gasteiger partial charge in [-0.05, 0) is 0 Å². The van der Waals surface area contributed by atoms with Crippen LogP contribution in [0.3, 0.4) is 0 Å². The number of nitrogens with two attached hydrogens (primary N) is 3. The maximum Gasteiger partial charge on any atom is 0.548 e. The maximum absolute atomic E-state index is 12.5. The van der Waals surface area contributed by atoms with E-state index in [1.807, 2.05) is 0 Å². The zero-order chi connectivity index (χ0) is 19.3. The third-order valence-corrected chi connectivity index (χ3v) is 4.00. The summed E-state index contributed by atoms with van der Waals surface area (Å²) in [4.78, 5) is 43.1. The van der Waals surface area contributed by atoms with Crippen molar-refractivity contribution in [2.24, 2.45) is 5.50 Å². The van der Waals surface area contributed by atoms with Gasteiger partial charge in [0.1, 0.15) is 12.7 Å². The monoisotopic (exact) mass is 395 g/mol. The number of anilines is 2. The van der Waals surface area contributed by atoms with Gasteiger partial charge in [0.15, 0.2) is 11.0 Å². The number of hydrogen-bond acceptors (Lipinski definition) is 11. The topological polar surface area (TPSA) is 241 Å². The van der Waals surface area contributed by atoms with Crippen LogP contribution in [-0.2, 0) is 4.57 Å². The molecule has 0 aliphatic heterocycles. The second-order valence-corrected chi connectivity index (χ2v) is 6.50. The quantitative estimate of drug-likeness (QED) is 0.222. The van der Waals surface area contributed by atoms with Crippen molar-refractivity contribution in [2.75, 3.05) is 11.5 Å². The van der Waals surface area contributed by atoms with Gasteiger partial charge >= 0.3 is 7.75 Å². The molecule has 4 rings (SSSR count). The SMILES string of the molecule is Nc1nc2c(ncn2OP(N)(=O)On2cnc3c(=O)[nH]c(N)nc32)c(=O)[nH]1. The van der Waals surface area contributed by atoms with Crippen LogP contribution in [0, 0.1) is 0 Å². The molecule has 0 saturated heterocycles. The lowest BCUT2D eigenvalue weighted by Crippen LogP contribution is -2.23. The van der Waals surface area contributed by atoms with Gasteiger partial charge in [-0.2, -0.15) is 9.97 Å². The second kappa shape index (κ2) is 5.55. The lowest BCUT2D eigenvalue weighted by atomic mass is 10.5. The second-order valence-electron chi connectivity index (χ2n) is 5.09. The van der Waals surface area contributed by atoms with Crippen LogP contribution in [0.15, 0.2) is 22.2 Å². The number of nitrogens with zero attached hydrogens (tertiary/aromatic N) is 6. The summed E-state index contributed by atoms with van der Waals surface area (Å²) in [6.07, 6.45) is 2.00. The Morgan fingerprint density at radius 3 is 1.70 bits per heavy atom. The standard InChI is InChI=1S/C10H10N11O5P/c11-9-16-5-3(7(22)18-9)14-1-20(5)25-27(13,24)26-21-2-15-4-6(21)17-10(12)19-8(4)23/h1-2H,(H2,13,24)(H3,11,16,18,22)(H3,12,17,19,23). The summed E-state index contributed by atoms with van der Waals surface area (Å²) in [6, 6.07) is 0. The summed E-state index contributed by atoms with van der Waals surface area (Å²) in [5.41, 5.74) is 14.7. The molecule has 4 aromatic heterocycles. The molecule has 0 bridgehead atoms. The van der Waals surface area contributed by atoms with Crippen LogP contribution in [0.25, 0.3) is 22.3 Å². The molecule has 0 saturated carbocycles. The van der Waals surface area contributed by atoms with Gasteiger partial charge < -0.3 is 20.7 Å². The molecule has 16 nitrogen and oxygen atoms in total. The largest absolute Gasteiger partial charge is 0.548 e. The Labute approximate surface area is 146 Å². The smallest absolute Gasteiger partial charge is 0.369 e. The minimum Gasteiger partial charge on any atom is -0.369 e. The lowest BCUT2D eigenvalue weighted by molar-refractivity contribution is 0.182. The van der Waals surface area contributed by atoms with Crippen LogP contribution in [0.4, 0.5) is 11.9 Å². The van der Waals surface area contributed by atoms with Crippen molar-refractivity contribution in [3.8, 4) is 0 Å². The summed E-state index contributed by atoms with van der Waals surface area (Å²) < 4.78 is 24.1. The van der Waals surface area contributed by atoms with Crippen LogP contribution in [0.5, 0.6) is 0 Å². The van der Waals surface area contributed by atoms with E-state index >= 15 is 0 Å². The third-order valence-electron chi connectivity index (χ3n) is 3.19. The number of fused-ring (bicyclic) bond motifs is 2. The van der Waals surface area contributed by atoms with E-state index < -0.39 is 18.9 Å². The van der Waals surface area contributed by atoms with Gasteiger partial charge in [-0.1, -0.05) is 0 Å². The van der Waals surface area contributed by atoms with Crippen molar-refractivity contribution in [1.82, 2.24) is 39.4 Å². The molecule has 0 aliphatic carbocycles. The van der Waals surface area contributed by atoms with Gasteiger partial charge in [0.2, 0.25) is 23.2 Å². The van der Waals surface area contributed by atoms with Crippen molar-refractivity contribution in [3.63, 3.8) is 0 Å². The molecule has 4 aromatic rings. The van der Waals surface area contributed by atoms with Gasteiger partial charge in [0.05, 0.1) is 0 Å². The molecule has 27 heavy (non-hydrogen) atoms. The highest BCUT2D eigenvalue weighted by Crippen LogP contribution is 2.32. The molecule has 0 unspecified atom stereocenters. The molecule has 8 N–H and O–H groups in total. The van der Waals surface area contributed by atoms with E-state index in [4.69, 9.17) is 26.2 Å². The van der Waals surface area contributed by atoms with Crippen molar-refractivity contribution >= 4 is 42.0 Å². The number of nitrogens with one attached hydrogen (secondary N) is 2. The van der Waals surface area contributed by atoms with Gasteiger partial charge in [0.25, 0.3) is 11.1 Å². The number of aromatic amines is 2. The normalized spacial score (nSPS) is 11.9. The summed E-state index contributed by atoms with van der Waals surface area (Å²) in [6.45, 7) is 0. The number of nitrogen functional groups attached to an aromatic ring is 2. The van der Waals surface area contributed by atoms with E-state index in [1.165, 1.54) is 0 Å². The van der Waals surface area contributed by atoms with Gasteiger partial charge in [-0.25, -0.2) is 20.0 Å². The van der Waals surface area contributed by atoms with Gasteiger partial charge in [-0.3, -0.25) is 19.6 Å². The number of H-pyrrole nitrogens is 2. The number of aromatic nitrogens is 8. The Bertz CT molecular complexity index is 1250. The van der Waals surface area contributed by atoms with E-state index in [2.05, 4.69) is 29.9 Å². The molecule has 0 fully saturated rings. The minimum atomic E-state index is -4.38. The fourth-order valence-corrected chi connectivity index (χ4v) is 2.95. The van der Waals surface area contributed by atoms with E-state index in [1.54, 1.807) is 0 Å². The van der Waals surface area contributed by atoms with E-state index in [0.29, 0.717) is 0 Å². The van der Waals surface area contributed by atoms with Crippen LogP contribution in [0.2, 0.25) is 0 Å². The van der Waals surface area contributed by atoms with E-state index in [9.17, 15) is 14.2 Å². The first-order valence-electron chi connectivity index (χ1n) is 6.98. The number of rotatable bonds is 4. The highest BCUT2D eigenvalue weighted by atomic mass is 31.2. The third kappa shape index (κ3) is 2.83. The summed E-state index contributed by atoms with van der Waals surface area (Å²) in [5.74, 6) is -0.435. The average molecular weight is 395 g/mol. The van der Waals surface area contributed by atoms with Crippen LogP contribution in [0.1, 0.15) is 0 Å². The first-order chi connectivity index (χ1) is 12.7. The molecular formula is C10H10N11O5P. The Kier molecular flexibility index (Phi) is 3.40. The zero-order valence-electron chi connectivity index (χ0n) is 13.1. The van der Waals surface area contributed by atoms with Crippen LogP contribution >= 0.6 is 7.75 Å². The highest BCUT2D eigenvalue weighted by molar-refractivity contribution is 7.51. The zero-order valence-corrected chi connectivity index (χ0v) is 14.0. The van der Waals surface area contributed by atoms with Crippen molar-refractivity contribution < 1.29 is 13.8 Å². The first-order valence-corrected chi connectivity index (χ1v) is 8.59. The Balaban J connectivity index is 1.70. The average Bonchev–Trinajstić information content (AvgIpc) is 3.12. The molecule has 0 aromatic carbocycles. The maximum atomic E-state index is 12.5. The number of imidazole rings is 2. The van der Waals surface area contributed by atoms with Gasteiger partial charge in [0, 0.05) is 0 Å². The van der Waals surface area contributed by atoms with E-state index in [0.717, 1.165) is 22.1 Å². The van der Waals surface area contributed by atoms with Crippen molar-refractivity contribution in [1.29, 1.82) is 0 Å². The van der Waals surface area contributed by atoms with Crippen molar-refractivity contribution in [3.05, 3.63) is 33.4 Å². The molecule has 4 heterocycles. The lowest BCUT2D eigenvalue weighted by Gasteiger charge is -2.14. The fourth-order valence-electron chi connectivity index (χ4n) is 2.19. The molecule has 17 heteroatoms. The molecule has 0 amide bonds. The molecule has 0 aliphatic rings. The Morgan fingerprint density at radius 1 is 0.889 bits per heavy atom. The Hall–Kier alpha value is -3.91. The van der Waals surface area contributed by atoms with E-state index in [-0.39, 0.29) is 34.2 Å². The summed E-state index contributed by atoms with van der Waals surface area (Å²) >= 11 is 0. The molecule has 140 valence electrons. The van der Waals surface area contributed by atoms with Crippen LogP contribution < -0.4 is 37.3 Å². The Morgan fingerprint density at radius 2 is 1.30 bits per heavy atom. The van der Waals surface area contributed by atoms with Crippen LogP contribution in [-0.4, -0.2) is 39.4 Å². The fraction of sp³-hybridized carbons (Fsp3) is 0. The molecular weight excluding hydrogens is 385 g/mol. The predicted octanol–water partition coefficient (Wildman–Crippen LogP) is -2.66. The predicted molar refractivity (Wildman–Crippen MR) is 90.1 cm³/mol. The first kappa shape index (κ1) is 16.6. The van der Waals surface area contributed by atoms with Gasteiger partial charge in [-0.15, -0.1) is 9.46 Å². The molecule has 0 spiro atoms.